The van der Waals surface area contributed by atoms with E-state index in [2.05, 4.69) is 15.4 Å². The molecule has 0 aliphatic rings. The van der Waals surface area contributed by atoms with Crippen molar-refractivity contribution in [1.29, 1.82) is 0 Å². The van der Waals surface area contributed by atoms with Crippen LogP contribution in [0.3, 0.4) is 0 Å². The average molecular weight is 464 g/mol. The quantitative estimate of drug-likeness (QED) is 0.464. The Kier molecular flexibility index (Phi) is 9.18. The van der Waals surface area contributed by atoms with Crippen molar-refractivity contribution in [2.45, 2.75) is 25.7 Å². The van der Waals surface area contributed by atoms with Crippen LogP contribution in [0.1, 0.15) is 29.8 Å². The van der Waals surface area contributed by atoms with E-state index < -0.39 is 22.0 Å². The zero-order valence-electron chi connectivity index (χ0n) is 18.6. The molecule has 2 amide bonds. The van der Waals surface area contributed by atoms with Gasteiger partial charge in [-0.05, 0) is 48.7 Å². The molecule has 0 radical (unpaired) electrons. The summed E-state index contributed by atoms with van der Waals surface area (Å²) < 4.78 is 37.2. The zero-order valence-corrected chi connectivity index (χ0v) is 19.4. The van der Waals surface area contributed by atoms with Crippen LogP contribution in [0.4, 0.5) is 16.2 Å². The van der Waals surface area contributed by atoms with Gasteiger partial charge in [0, 0.05) is 30.6 Å². The molecule has 2 aromatic rings. The highest BCUT2D eigenvalue weighted by atomic mass is 32.2. The Labute approximate surface area is 188 Å². The average Bonchev–Trinajstić information content (AvgIpc) is 2.72. The van der Waals surface area contributed by atoms with Crippen LogP contribution < -0.4 is 15.4 Å². The SMILES string of the molecule is COCCNS(=O)(=O)c1ccc(C)c(C(=O)Nc2cccc(NC(=O)OCC(C)C)c2)c1. The van der Waals surface area contributed by atoms with Gasteiger partial charge in [0.25, 0.3) is 5.91 Å². The molecule has 0 saturated carbocycles. The predicted molar refractivity (Wildman–Crippen MR) is 122 cm³/mol. The van der Waals surface area contributed by atoms with Gasteiger partial charge in [-0.3, -0.25) is 10.1 Å². The Morgan fingerprint density at radius 2 is 1.72 bits per heavy atom. The van der Waals surface area contributed by atoms with Crippen LogP contribution in [-0.4, -0.2) is 47.3 Å². The van der Waals surface area contributed by atoms with Crippen molar-refractivity contribution in [3.63, 3.8) is 0 Å². The van der Waals surface area contributed by atoms with Crippen LogP contribution in [0.15, 0.2) is 47.4 Å². The van der Waals surface area contributed by atoms with Crippen LogP contribution in [0, 0.1) is 12.8 Å². The molecular formula is C22H29N3O6S. The summed E-state index contributed by atoms with van der Waals surface area (Å²) in [6.07, 6.45) is -0.586. The third-order valence-corrected chi connectivity index (χ3v) is 5.74. The smallest absolute Gasteiger partial charge is 0.411 e. The fraction of sp³-hybridized carbons (Fsp3) is 0.364. The third-order valence-electron chi connectivity index (χ3n) is 4.28. The molecule has 10 heteroatoms. The summed E-state index contributed by atoms with van der Waals surface area (Å²) in [5, 5.41) is 5.33. The van der Waals surface area contributed by atoms with Gasteiger partial charge in [-0.15, -0.1) is 0 Å². The first kappa shape index (κ1) is 25.3. The highest BCUT2D eigenvalue weighted by Gasteiger charge is 2.18. The van der Waals surface area contributed by atoms with E-state index in [4.69, 9.17) is 9.47 Å². The van der Waals surface area contributed by atoms with Crippen molar-refractivity contribution in [3.8, 4) is 0 Å². The van der Waals surface area contributed by atoms with E-state index in [-0.39, 0.29) is 29.5 Å². The van der Waals surface area contributed by atoms with E-state index in [0.29, 0.717) is 23.5 Å². The summed E-state index contributed by atoms with van der Waals surface area (Å²) in [5.74, 6) is -0.264. The van der Waals surface area contributed by atoms with Crippen LogP contribution in [-0.2, 0) is 19.5 Å². The molecular weight excluding hydrogens is 434 g/mol. The molecule has 0 fully saturated rings. The van der Waals surface area contributed by atoms with Crippen molar-refractivity contribution in [2.75, 3.05) is 37.5 Å². The van der Waals surface area contributed by atoms with Gasteiger partial charge in [0.05, 0.1) is 18.1 Å². The maximum atomic E-state index is 12.8. The van der Waals surface area contributed by atoms with E-state index in [1.165, 1.54) is 19.2 Å². The van der Waals surface area contributed by atoms with E-state index in [1.807, 2.05) is 13.8 Å². The summed E-state index contributed by atoms with van der Waals surface area (Å²) in [5.41, 5.74) is 1.72. The first-order valence-corrected chi connectivity index (χ1v) is 11.5. The number of hydrogen-bond donors (Lipinski definition) is 3. The minimum Gasteiger partial charge on any atom is -0.449 e. The second-order valence-electron chi connectivity index (χ2n) is 7.52. The second-order valence-corrected chi connectivity index (χ2v) is 9.29. The normalized spacial score (nSPS) is 11.3. The van der Waals surface area contributed by atoms with Crippen LogP contribution >= 0.6 is 0 Å². The minimum absolute atomic E-state index is 0.0207. The highest BCUT2D eigenvalue weighted by molar-refractivity contribution is 7.89. The molecule has 0 saturated heterocycles. The number of aryl methyl sites for hydroxylation is 1. The zero-order chi connectivity index (χ0) is 23.7. The largest absolute Gasteiger partial charge is 0.449 e. The van der Waals surface area contributed by atoms with Gasteiger partial charge in [0.2, 0.25) is 10.0 Å². The number of carbonyl (C=O) groups is 2. The summed E-state index contributed by atoms with van der Waals surface area (Å²) in [6.45, 7) is 6.22. The number of benzene rings is 2. The fourth-order valence-corrected chi connectivity index (χ4v) is 3.68. The van der Waals surface area contributed by atoms with Gasteiger partial charge in [-0.25, -0.2) is 17.9 Å². The highest BCUT2D eigenvalue weighted by Crippen LogP contribution is 2.20. The van der Waals surface area contributed by atoms with Gasteiger partial charge in [0.1, 0.15) is 0 Å². The topological polar surface area (TPSA) is 123 Å². The van der Waals surface area contributed by atoms with E-state index in [1.54, 1.807) is 37.3 Å². The number of amides is 2. The number of nitrogens with one attached hydrogen (secondary N) is 3. The van der Waals surface area contributed by atoms with Gasteiger partial charge in [-0.1, -0.05) is 26.0 Å². The number of anilines is 2. The molecule has 0 atom stereocenters. The predicted octanol–water partition coefficient (Wildman–Crippen LogP) is 3.38. The molecule has 32 heavy (non-hydrogen) atoms. The van der Waals surface area contributed by atoms with Gasteiger partial charge in [-0.2, -0.15) is 0 Å². The van der Waals surface area contributed by atoms with Gasteiger partial charge < -0.3 is 14.8 Å². The maximum absolute atomic E-state index is 12.8. The van der Waals surface area contributed by atoms with E-state index in [9.17, 15) is 18.0 Å². The van der Waals surface area contributed by atoms with Gasteiger partial charge in [0.15, 0.2) is 0 Å². The van der Waals surface area contributed by atoms with Crippen LogP contribution in [0.5, 0.6) is 0 Å². The molecule has 174 valence electrons. The molecule has 0 heterocycles. The van der Waals surface area contributed by atoms with Crippen molar-refractivity contribution < 1.29 is 27.5 Å². The summed E-state index contributed by atoms with van der Waals surface area (Å²) in [6, 6.07) is 10.9. The monoisotopic (exact) mass is 463 g/mol. The number of rotatable bonds is 10. The molecule has 0 spiro atoms. The number of sulfonamides is 1. The number of carbonyl (C=O) groups excluding carboxylic acids is 2. The molecule has 9 nitrogen and oxygen atoms in total. The van der Waals surface area contributed by atoms with Crippen LogP contribution in [0.2, 0.25) is 0 Å². The van der Waals surface area contributed by atoms with Crippen molar-refractivity contribution in [2.24, 2.45) is 5.92 Å². The first-order valence-electron chi connectivity index (χ1n) is 10.1. The molecule has 2 rings (SSSR count). The standard InChI is InChI=1S/C22H29N3O6S/c1-15(2)14-31-22(27)25-18-7-5-6-17(12-18)24-21(26)20-13-19(9-8-16(20)3)32(28,29)23-10-11-30-4/h5-9,12-13,15,23H,10-11,14H2,1-4H3,(H,24,26)(H,25,27). The Morgan fingerprint density at radius 3 is 2.38 bits per heavy atom. The second kappa shape index (κ2) is 11.6. The lowest BCUT2D eigenvalue weighted by atomic mass is 10.1. The van der Waals surface area contributed by atoms with Crippen LogP contribution in [0.25, 0.3) is 0 Å². The Bertz CT molecular complexity index is 1050. The lowest BCUT2D eigenvalue weighted by molar-refractivity contribution is 0.102. The maximum Gasteiger partial charge on any atom is 0.411 e. The number of ether oxygens (including phenoxy) is 2. The minimum atomic E-state index is -3.78. The van der Waals surface area contributed by atoms with E-state index >= 15 is 0 Å². The molecule has 3 N–H and O–H groups in total. The summed E-state index contributed by atoms with van der Waals surface area (Å²) in [4.78, 5) is 24.7. The molecule has 2 aromatic carbocycles. The fourth-order valence-electron chi connectivity index (χ4n) is 2.64. The summed E-state index contributed by atoms with van der Waals surface area (Å²) >= 11 is 0. The molecule has 0 aliphatic heterocycles. The molecule has 0 aromatic heterocycles. The van der Waals surface area contributed by atoms with Crippen molar-refractivity contribution in [3.05, 3.63) is 53.6 Å². The Hall–Kier alpha value is -2.95. The number of methoxy groups -OCH3 is 1. The summed E-state index contributed by atoms with van der Waals surface area (Å²) in [7, 11) is -2.31. The van der Waals surface area contributed by atoms with Crippen molar-refractivity contribution in [1.82, 2.24) is 4.72 Å². The third kappa shape index (κ3) is 7.63. The molecule has 0 aliphatic carbocycles. The lowest BCUT2D eigenvalue weighted by Gasteiger charge is -2.12. The molecule has 0 unspecified atom stereocenters. The molecule has 0 bridgehead atoms. The number of hydrogen-bond acceptors (Lipinski definition) is 6. The van der Waals surface area contributed by atoms with Gasteiger partial charge >= 0.3 is 6.09 Å². The van der Waals surface area contributed by atoms with E-state index in [0.717, 1.165) is 0 Å². The Morgan fingerprint density at radius 1 is 1.03 bits per heavy atom. The van der Waals surface area contributed by atoms with Crippen molar-refractivity contribution >= 4 is 33.4 Å². The lowest BCUT2D eigenvalue weighted by Crippen LogP contribution is -2.27. The Balaban J connectivity index is 2.13. The first-order chi connectivity index (χ1) is 15.1.